The van der Waals surface area contributed by atoms with E-state index in [0.29, 0.717) is 11.1 Å². The van der Waals surface area contributed by atoms with E-state index in [0.717, 1.165) is 75.5 Å². The molecule has 0 saturated heterocycles. The van der Waals surface area contributed by atoms with E-state index >= 15 is 4.39 Å². The molecule has 4 aromatic carbocycles. The van der Waals surface area contributed by atoms with Crippen LogP contribution >= 0.6 is 11.3 Å². The molecule has 56 heavy (non-hydrogen) atoms. The standard InChI is InChI=1S/C36H27FNOS.C13H24O2.Ir/c1-20-18-21(2)22(3)30(19-20)33-35-29(16-17-38(33)5)28-15-14-27(32(37)34(28)39-35)24-10-12-25(13-11-24)36-23(4)26-8-6-7-9-31(26)40-36;1-5-10(6-2)12(14)9-13(15)11(7-3)8-4;/h6-19H,3,5H2,1-2,4H3;9-11,14H,5-8H2,1-4H3;/q-1;;/b;12-9-;. The second kappa shape index (κ2) is 18.1. The van der Waals surface area contributed by atoms with Crippen LogP contribution in [0.2, 0.25) is 0 Å². The molecule has 0 bridgehead atoms. The van der Waals surface area contributed by atoms with Gasteiger partial charge in [-0.25, -0.2) is 4.39 Å². The van der Waals surface area contributed by atoms with E-state index in [1.165, 1.54) is 26.6 Å². The monoisotopic (exact) mass is 945 g/mol. The summed E-state index contributed by atoms with van der Waals surface area (Å²) >= 11 is 1.79. The average molecular weight is 945 g/mol. The normalized spacial score (nSPS) is 11.7. The molecule has 7 rings (SSSR count). The van der Waals surface area contributed by atoms with Gasteiger partial charge < -0.3 is 14.1 Å². The summed E-state index contributed by atoms with van der Waals surface area (Å²) in [6.45, 7) is 18.6. The van der Waals surface area contributed by atoms with Crippen LogP contribution < -0.4 is 4.57 Å². The Balaban J connectivity index is 0.000000322. The zero-order valence-electron chi connectivity index (χ0n) is 33.4. The van der Waals surface area contributed by atoms with Crippen molar-refractivity contribution in [2.45, 2.75) is 74.1 Å². The van der Waals surface area contributed by atoms with Gasteiger partial charge in [0.15, 0.2) is 17.2 Å². The van der Waals surface area contributed by atoms with Gasteiger partial charge in [-0.05, 0) is 79.8 Å². The van der Waals surface area contributed by atoms with E-state index < -0.39 is 0 Å². The topological polar surface area (TPSA) is 54.3 Å². The average Bonchev–Trinajstić information content (AvgIpc) is 3.73. The second-order valence-electron chi connectivity index (χ2n) is 14.5. The maximum absolute atomic E-state index is 16.1. The van der Waals surface area contributed by atoms with Gasteiger partial charge >= 0.3 is 0 Å². The molecule has 0 saturated carbocycles. The Kier molecular flexibility index (Phi) is 13.7. The van der Waals surface area contributed by atoms with Gasteiger partial charge in [-0.2, -0.15) is 18.1 Å². The molecule has 293 valence electrons. The predicted octanol–water partition coefficient (Wildman–Crippen LogP) is 13.8. The van der Waals surface area contributed by atoms with Crippen LogP contribution in [0.25, 0.3) is 64.8 Å². The summed E-state index contributed by atoms with van der Waals surface area (Å²) in [4.78, 5) is 13.0. The largest absolute Gasteiger partial charge is 0.512 e. The first-order chi connectivity index (χ1) is 26.4. The maximum atomic E-state index is 16.1. The molecule has 0 fully saturated rings. The molecule has 0 unspecified atom stereocenters. The van der Waals surface area contributed by atoms with Gasteiger partial charge in [-0.15, -0.1) is 29.0 Å². The minimum absolute atomic E-state index is 0. The van der Waals surface area contributed by atoms with Gasteiger partial charge in [0.1, 0.15) is 11.3 Å². The van der Waals surface area contributed by atoms with Crippen molar-refractivity contribution < 1.29 is 43.4 Å². The van der Waals surface area contributed by atoms with E-state index in [2.05, 4.69) is 76.3 Å². The van der Waals surface area contributed by atoms with Crippen LogP contribution in [0.4, 0.5) is 4.39 Å². The van der Waals surface area contributed by atoms with Crippen molar-refractivity contribution in [3.63, 3.8) is 0 Å². The zero-order valence-corrected chi connectivity index (χ0v) is 36.6. The van der Waals surface area contributed by atoms with Crippen molar-refractivity contribution >= 4 is 49.1 Å². The fourth-order valence-corrected chi connectivity index (χ4v) is 8.81. The minimum Gasteiger partial charge on any atom is -0.512 e. The molecule has 1 N–H and O–H groups in total. The molecule has 0 amide bonds. The molecule has 4 nitrogen and oxygen atoms in total. The summed E-state index contributed by atoms with van der Waals surface area (Å²) in [5, 5.41) is 12.6. The Bertz CT molecular complexity index is 2540. The number of benzene rings is 4. The van der Waals surface area contributed by atoms with Crippen LogP contribution in [0, 0.1) is 52.4 Å². The van der Waals surface area contributed by atoms with Crippen LogP contribution in [-0.4, -0.2) is 10.9 Å². The summed E-state index contributed by atoms with van der Waals surface area (Å²) in [6, 6.07) is 26.5. The smallest absolute Gasteiger partial charge is 0.174 e. The number of allylic oxidation sites excluding steroid dienone is 2. The third kappa shape index (κ3) is 8.23. The van der Waals surface area contributed by atoms with Gasteiger partial charge in [-0.3, -0.25) is 4.79 Å². The molecule has 7 heteroatoms. The third-order valence-corrected chi connectivity index (χ3v) is 12.3. The van der Waals surface area contributed by atoms with Crippen molar-refractivity contribution in [3.8, 4) is 32.8 Å². The van der Waals surface area contributed by atoms with Gasteiger partial charge in [0.05, 0.1) is 12.0 Å². The molecule has 3 heterocycles. The Morgan fingerprint density at radius 3 is 2.09 bits per heavy atom. The zero-order chi connectivity index (χ0) is 39.6. The molecule has 1 radical (unpaired) electrons. The number of aryl methyl sites for hydroxylation is 3. The van der Waals surface area contributed by atoms with E-state index in [9.17, 15) is 9.90 Å². The Labute approximate surface area is 348 Å². The number of carbonyl (C=O) groups excluding carboxylic acids is 1. The van der Waals surface area contributed by atoms with E-state index in [-0.39, 0.29) is 54.9 Å². The molecular formula is C49H51FIrNO3S-. The molecule has 0 spiro atoms. The number of hydrogen-bond acceptors (Lipinski definition) is 4. The maximum Gasteiger partial charge on any atom is 0.174 e. The SMILES string of the molecule is CCC(CC)C(=O)/C=C(\O)C(CC)CC.[CH2-]c1c(C)cc(C)cc1-c1c2oc3c(F)c(-c4ccc(-c5sc6ccccc6c5C)cc4)ccc3c2cc[n+]1[CH2-].[Ir]. The summed E-state index contributed by atoms with van der Waals surface area (Å²) in [6.07, 6.45) is 6.80. The van der Waals surface area contributed by atoms with Crippen molar-refractivity contribution in [1.82, 2.24) is 0 Å². The fourth-order valence-electron chi connectivity index (χ4n) is 7.60. The van der Waals surface area contributed by atoms with Crippen molar-refractivity contribution in [2.75, 3.05) is 0 Å². The third-order valence-electron chi connectivity index (χ3n) is 11.0. The number of rotatable bonds is 10. The Morgan fingerprint density at radius 2 is 1.45 bits per heavy atom. The van der Waals surface area contributed by atoms with E-state index in [1.54, 1.807) is 15.9 Å². The van der Waals surface area contributed by atoms with Crippen LogP contribution in [0.3, 0.4) is 0 Å². The van der Waals surface area contributed by atoms with Crippen molar-refractivity contribution in [2.24, 2.45) is 11.8 Å². The Hall–Kier alpha value is -4.68. The molecule has 3 aromatic heterocycles. The molecule has 7 aromatic rings. The Morgan fingerprint density at radius 1 is 0.821 bits per heavy atom. The number of furan rings is 1. The number of ketones is 1. The van der Waals surface area contributed by atoms with Gasteiger partial charge in [-0.1, -0.05) is 88.7 Å². The molecule has 0 aliphatic carbocycles. The van der Waals surface area contributed by atoms with Crippen LogP contribution in [-0.2, 0) is 24.9 Å². The van der Waals surface area contributed by atoms with E-state index in [1.807, 2.05) is 71.1 Å². The van der Waals surface area contributed by atoms with Crippen molar-refractivity contribution in [3.05, 3.63) is 139 Å². The van der Waals surface area contributed by atoms with Gasteiger partial charge in [0.25, 0.3) is 0 Å². The van der Waals surface area contributed by atoms with Gasteiger partial charge in [0, 0.05) is 71.0 Å². The first-order valence-corrected chi connectivity index (χ1v) is 20.1. The first kappa shape index (κ1) is 42.5. The number of nitrogens with zero attached hydrogens (tertiary/aromatic N) is 1. The molecular weight excluding hydrogens is 894 g/mol. The van der Waals surface area contributed by atoms with Crippen molar-refractivity contribution in [1.29, 1.82) is 0 Å². The first-order valence-electron chi connectivity index (χ1n) is 19.3. The number of aliphatic hydroxyl groups is 1. The summed E-state index contributed by atoms with van der Waals surface area (Å²) in [5.41, 5.74) is 9.43. The predicted molar refractivity (Wildman–Crippen MR) is 229 cm³/mol. The number of aliphatic hydroxyl groups excluding tert-OH is 1. The summed E-state index contributed by atoms with van der Waals surface area (Å²) in [7, 11) is 4.19. The molecule has 0 aliphatic rings. The molecule has 0 atom stereocenters. The number of aromatic nitrogens is 1. The second-order valence-corrected chi connectivity index (χ2v) is 15.6. The van der Waals surface area contributed by atoms with Gasteiger partial charge in [0.2, 0.25) is 0 Å². The fraction of sp³-hybridized carbons (Fsp3) is 0.265. The number of hydrogen-bond donors (Lipinski definition) is 1. The minimum atomic E-state index is -0.365. The number of pyridine rings is 1. The number of carbonyl (C=O) groups is 1. The molecule has 0 aliphatic heterocycles. The van der Waals surface area contributed by atoms with Crippen LogP contribution in [0.5, 0.6) is 0 Å². The number of fused-ring (bicyclic) bond motifs is 4. The summed E-state index contributed by atoms with van der Waals surface area (Å²) in [5.74, 6) is 0.183. The summed E-state index contributed by atoms with van der Waals surface area (Å²) < 4.78 is 25.5. The van der Waals surface area contributed by atoms with E-state index in [4.69, 9.17) is 4.42 Å². The number of halogens is 1. The van der Waals surface area contributed by atoms with Crippen LogP contribution in [0.15, 0.2) is 101 Å². The quantitative estimate of drug-likeness (QED) is 0.0643. The number of thiophene rings is 1. The van der Waals surface area contributed by atoms with Crippen LogP contribution in [0.1, 0.15) is 75.6 Å².